The van der Waals surface area contributed by atoms with Crippen molar-refractivity contribution in [2.24, 2.45) is 0 Å². The summed E-state index contributed by atoms with van der Waals surface area (Å²) < 4.78 is 21.7. The van der Waals surface area contributed by atoms with Crippen LogP contribution < -0.4 is 0 Å². The number of pyridine rings is 1. The molecule has 2 aromatic rings. The Labute approximate surface area is 125 Å². The maximum Gasteiger partial charge on any atom is 0.141 e. The number of hydrogen-bond donors (Lipinski definition) is 0. The predicted molar refractivity (Wildman–Crippen MR) is 76.6 cm³/mol. The average Bonchev–Trinajstić information content (AvgIpc) is 2.76. The number of hydrogen-bond acceptors (Lipinski definition) is 3. The van der Waals surface area contributed by atoms with Gasteiger partial charge in [0, 0.05) is 0 Å². The molecule has 1 unspecified atom stereocenters. The third-order valence-corrected chi connectivity index (χ3v) is 4.59. The second-order valence-corrected chi connectivity index (χ2v) is 6.01. The second kappa shape index (κ2) is 4.93. The smallest absolute Gasteiger partial charge is 0.141 e. The minimum absolute atomic E-state index is 0.189. The molecule has 3 heterocycles. The van der Waals surface area contributed by atoms with Crippen molar-refractivity contribution >= 4 is 15.9 Å². The SMILES string of the molecule is CCC1(C)Cn2nc(-c3ccc(F)cn3)c(Br)c2CO1. The van der Waals surface area contributed by atoms with Gasteiger partial charge in [0.1, 0.15) is 11.5 Å². The highest BCUT2D eigenvalue weighted by molar-refractivity contribution is 9.10. The van der Waals surface area contributed by atoms with Gasteiger partial charge in [0.25, 0.3) is 0 Å². The molecule has 0 saturated carbocycles. The van der Waals surface area contributed by atoms with Crippen molar-refractivity contribution in [3.05, 3.63) is 34.3 Å². The molecule has 6 heteroatoms. The fourth-order valence-electron chi connectivity index (χ4n) is 2.24. The van der Waals surface area contributed by atoms with E-state index in [2.05, 4.69) is 39.9 Å². The summed E-state index contributed by atoms with van der Waals surface area (Å²) in [5.41, 5.74) is 2.19. The first-order chi connectivity index (χ1) is 9.52. The Morgan fingerprint density at radius 3 is 2.95 bits per heavy atom. The van der Waals surface area contributed by atoms with Gasteiger partial charge in [-0.3, -0.25) is 9.67 Å². The zero-order valence-corrected chi connectivity index (χ0v) is 12.9. The molecular weight excluding hydrogens is 325 g/mol. The van der Waals surface area contributed by atoms with Gasteiger partial charge >= 0.3 is 0 Å². The van der Waals surface area contributed by atoms with Crippen molar-refractivity contribution in [3.63, 3.8) is 0 Å². The van der Waals surface area contributed by atoms with Gasteiger partial charge in [-0.15, -0.1) is 0 Å². The molecule has 20 heavy (non-hydrogen) atoms. The quantitative estimate of drug-likeness (QED) is 0.839. The van der Waals surface area contributed by atoms with Gasteiger partial charge in [0.05, 0.1) is 40.8 Å². The molecule has 4 nitrogen and oxygen atoms in total. The van der Waals surface area contributed by atoms with E-state index in [0.29, 0.717) is 18.8 Å². The van der Waals surface area contributed by atoms with Crippen molar-refractivity contribution in [1.82, 2.24) is 14.8 Å². The lowest BCUT2D eigenvalue weighted by atomic mass is 10.0. The summed E-state index contributed by atoms with van der Waals surface area (Å²) in [6.45, 7) is 5.41. The van der Waals surface area contributed by atoms with Crippen LogP contribution in [-0.2, 0) is 17.9 Å². The Balaban J connectivity index is 2.02. The van der Waals surface area contributed by atoms with Gasteiger partial charge in [0.15, 0.2) is 0 Å². The number of fused-ring (bicyclic) bond motifs is 1. The predicted octanol–water partition coefficient (Wildman–Crippen LogP) is 3.55. The van der Waals surface area contributed by atoms with E-state index in [1.807, 2.05) is 4.68 Å². The Morgan fingerprint density at radius 2 is 2.30 bits per heavy atom. The number of rotatable bonds is 2. The maximum absolute atomic E-state index is 13.0. The van der Waals surface area contributed by atoms with Crippen LogP contribution in [0.4, 0.5) is 4.39 Å². The van der Waals surface area contributed by atoms with Gasteiger partial charge in [-0.1, -0.05) is 6.92 Å². The topological polar surface area (TPSA) is 39.9 Å². The summed E-state index contributed by atoms with van der Waals surface area (Å²) in [6, 6.07) is 3.02. The fourth-order valence-corrected chi connectivity index (χ4v) is 2.84. The Kier molecular flexibility index (Phi) is 3.38. The minimum Gasteiger partial charge on any atom is -0.367 e. The Bertz CT molecular complexity index is 641. The summed E-state index contributed by atoms with van der Waals surface area (Å²) in [7, 11) is 0. The Morgan fingerprint density at radius 1 is 1.50 bits per heavy atom. The van der Waals surface area contributed by atoms with Gasteiger partial charge in [-0.25, -0.2) is 4.39 Å². The van der Waals surface area contributed by atoms with Crippen LogP contribution in [0.3, 0.4) is 0 Å². The average molecular weight is 340 g/mol. The highest BCUT2D eigenvalue weighted by atomic mass is 79.9. The van der Waals surface area contributed by atoms with Gasteiger partial charge < -0.3 is 4.74 Å². The molecule has 1 aliphatic heterocycles. The monoisotopic (exact) mass is 339 g/mol. The molecule has 106 valence electrons. The van der Waals surface area contributed by atoms with E-state index in [1.54, 1.807) is 6.07 Å². The zero-order valence-electron chi connectivity index (χ0n) is 11.4. The Hall–Kier alpha value is -1.27. The lowest BCUT2D eigenvalue weighted by molar-refractivity contribution is -0.0816. The molecule has 0 amide bonds. The van der Waals surface area contributed by atoms with E-state index in [-0.39, 0.29) is 11.4 Å². The first-order valence-corrected chi connectivity index (χ1v) is 7.33. The fraction of sp³-hybridized carbons (Fsp3) is 0.429. The molecule has 3 rings (SSSR count). The number of aromatic nitrogens is 3. The second-order valence-electron chi connectivity index (χ2n) is 5.22. The highest BCUT2D eigenvalue weighted by Gasteiger charge is 2.32. The van der Waals surface area contributed by atoms with Crippen LogP contribution in [0.25, 0.3) is 11.4 Å². The van der Waals surface area contributed by atoms with E-state index < -0.39 is 0 Å². The third-order valence-electron chi connectivity index (χ3n) is 3.75. The van der Waals surface area contributed by atoms with Crippen LogP contribution in [0, 0.1) is 5.82 Å². The van der Waals surface area contributed by atoms with Gasteiger partial charge in [-0.2, -0.15) is 5.10 Å². The van der Waals surface area contributed by atoms with Gasteiger partial charge in [-0.05, 0) is 41.4 Å². The number of ether oxygens (including phenoxy) is 1. The molecule has 0 N–H and O–H groups in total. The lowest BCUT2D eigenvalue weighted by Gasteiger charge is -2.33. The van der Waals surface area contributed by atoms with Crippen LogP contribution in [-0.4, -0.2) is 20.4 Å². The molecule has 0 bridgehead atoms. The van der Waals surface area contributed by atoms with E-state index in [0.717, 1.165) is 22.3 Å². The molecule has 0 aliphatic carbocycles. The third kappa shape index (κ3) is 2.27. The first-order valence-electron chi connectivity index (χ1n) is 6.53. The van der Waals surface area contributed by atoms with E-state index in [1.165, 1.54) is 12.3 Å². The summed E-state index contributed by atoms with van der Waals surface area (Å²) in [5.74, 6) is -0.351. The van der Waals surface area contributed by atoms with E-state index in [4.69, 9.17) is 4.74 Å². The molecule has 1 aliphatic rings. The van der Waals surface area contributed by atoms with Crippen LogP contribution in [0.1, 0.15) is 26.0 Å². The lowest BCUT2D eigenvalue weighted by Crippen LogP contribution is -2.38. The molecular formula is C14H15BrFN3O. The molecule has 0 fully saturated rings. The zero-order chi connectivity index (χ0) is 14.3. The molecule has 2 aromatic heterocycles. The van der Waals surface area contributed by atoms with Crippen LogP contribution >= 0.6 is 15.9 Å². The summed E-state index contributed by atoms with van der Waals surface area (Å²) in [6.07, 6.45) is 2.13. The molecule has 1 atom stereocenters. The molecule has 0 spiro atoms. The minimum atomic E-state index is -0.351. The van der Waals surface area contributed by atoms with E-state index >= 15 is 0 Å². The van der Waals surface area contributed by atoms with Crippen LogP contribution in [0.2, 0.25) is 0 Å². The summed E-state index contributed by atoms with van der Waals surface area (Å²) in [4.78, 5) is 4.09. The van der Waals surface area contributed by atoms with Crippen LogP contribution in [0.5, 0.6) is 0 Å². The normalized spacial score (nSPS) is 21.8. The summed E-state index contributed by atoms with van der Waals surface area (Å²) >= 11 is 3.55. The largest absolute Gasteiger partial charge is 0.367 e. The van der Waals surface area contributed by atoms with Gasteiger partial charge in [0.2, 0.25) is 0 Å². The van der Waals surface area contributed by atoms with Crippen molar-refractivity contribution in [2.45, 2.75) is 39.0 Å². The molecule has 0 radical (unpaired) electrons. The van der Waals surface area contributed by atoms with Crippen molar-refractivity contribution in [1.29, 1.82) is 0 Å². The summed E-state index contributed by atoms with van der Waals surface area (Å²) in [5, 5.41) is 4.60. The maximum atomic E-state index is 13.0. The highest BCUT2D eigenvalue weighted by Crippen LogP contribution is 2.35. The number of nitrogens with zero attached hydrogens (tertiary/aromatic N) is 3. The van der Waals surface area contributed by atoms with Crippen LogP contribution in [0.15, 0.2) is 22.8 Å². The van der Waals surface area contributed by atoms with E-state index in [9.17, 15) is 4.39 Å². The van der Waals surface area contributed by atoms with Crippen molar-refractivity contribution in [2.75, 3.05) is 0 Å². The molecule has 0 saturated heterocycles. The van der Waals surface area contributed by atoms with Crippen molar-refractivity contribution in [3.8, 4) is 11.4 Å². The number of halogens is 2. The molecule has 0 aromatic carbocycles. The standard InChI is InChI=1S/C14H15BrFN3O/c1-3-14(2)8-19-11(7-20-14)12(15)13(18-19)10-5-4-9(16)6-17-10/h4-6H,3,7-8H2,1-2H3. The first kappa shape index (κ1) is 13.7. The van der Waals surface area contributed by atoms with Crippen molar-refractivity contribution < 1.29 is 9.13 Å².